The quantitative estimate of drug-likeness (QED) is 0.687. The van der Waals surface area contributed by atoms with Crippen LogP contribution in [0.4, 0.5) is 0 Å². The summed E-state index contributed by atoms with van der Waals surface area (Å²) in [4.78, 5) is 26.7. The van der Waals surface area contributed by atoms with Crippen molar-refractivity contribution in [2.45, 2.75) is 6.54 Å². The van der Waals surface area contributed by atoms with Gasteiger partial charge in [0.05, 0.1) is 25.1 Å². The minimum atomic E-state index is -0.638. The SMILES string of the molecule is COc1ccc(C(=O)OCC(=O)N(C)Cc2ccc(Cl)s2)c(OC)c1. The molecule has 2 rings (SSSR count). The van der Waals surface area contributed by atoms with E-state index in [4.69, 9.17) is 25.8 Å². The summed E-state index contributed by atoms with van der Waals surface area (Å²) >= 11 is 7.27. The van der Waals surface area contributed by atoms with E-state index in [-0.39, 0.29) is 18.1 Å². The van der Waals surface area contributed by atoms with Crippen LogP contribution in [0.15, 0.2) is 30.3 Å². The van der Waals surface area contributed by atoms with Crippen LogP contribution in [0.1, 0.15) is 15.2 Å². The van der Waals surface area contributed by atoms with Gasteiger partial charge in [-0.25, -0.2) is 4.79 Å². The molecule has 0 fully saturated rings. The summed E-state index contributed by atoms with van der Waals surface area (Å²) in [6, 6.07) is 8.35. The molecule has 0 aliphatic carbocycles. The summed E-state index contributed by atoms with van der Waals surface area (Å²) < 4.78 is 16.0. The van der Waals surface area contributed by atoms with E-state index >= 15 is 0 Å². The van der Waals surface area contributed by atoms with Gasteiger partial charge in [-0.05, 0) is 24.3 Å². The molecule has 0 bridgehead atoms. The maximum absolute atomic E-state index is 12.2. The van der Waals surface area contributed by atoms with Crippen molar-refractivity contribution in [1.29, 1.82) is 0 Å². The van der Waals surface area contributed by atoms with Crippen molar-refractivity contribution in [2.24, 2.45) is 0 Å². The first-order chi connectivity index (χ1) is 11.9. The topological polar surface area (TPSA) is 65.1 Å². The van der Waals surface area contributed by atoms with Gasteiger partial charge in [0.15, 0.2) is 6.61 Å². The Hall–Kier alpha value is -2.25. The van der Waals surface area contributed by atoms with E-state index in [1.54, 1.807) is 25.2 Å². The zero-order chi connectivity index (χ0) is 18.4. The molecule has 0 aliphatic rings. The summed E-state index contributed by atoms with van der Waals surface area (Å²) in [7, 11) is 4.59. The molecule has 0 saturated heterocycles. The molecule has 6 nitrogen and oxygen atoms in total. The number of carbonyl (C=O) groups is 2. The van der Waals surface area contributed by atoms with Crippen molar-refractivity contribution >= 4 is 34.8 Å². The number of likely N-dealkylation sites (N-methyl/N-ethyl adjacent to an activating group) is 1. The van der Waals surface area contributed by atoms with Crippen LogP contribution in [0.25, 0.3) is 0 Å². The molecule has 0 unspecified atom stereocenters. The molecular weight excluding hydrogens is 366 g/mol. The minimum Gasteiger partial charge on any atom is -0.497 e. The number of nitrogens with zero attached hydrogens (tertiary/aromatic N) is 1. The van der Waals surface area contributed by atoms with Crippen LogP contribution in [0.3, 0.4) is 0 Å². The van der Waals surface area contributed by atoms with Crippen LogP contribution in [-0.2, 0) is 16.1 Å². The second kappa shape index (κ2) is 8.73. The van der Waals surface area contributed by atoms with Gasteiger partial charge in [0.1, 0.15) is 17.1 Å². The molecule has 1 heterocycles. The molecule has 0 radical (unpaired) electrons. The summed E-state index contributed by atoms with van der Waals surface area (Å²) in [5.41, 5.74) is 0.226. The Morgan fingerprint density at radius 2 is 1.92 bits per heavy atom. The Kier molecular flexibility index (Phi) is 6.66. The highest BCUT2D eigenvalue weighted by Gasteiger charge is 2.18. The normalized spacial score (nSPS) is 10.2. The number of halogens is 1. The lowest BCUT2D eigenvalue weighted by Gasteiger charge is -2.16. The van der Waals surface area contributed by atoms with E-state index in [1.165, 1.54) is 36.5 Å². The van der Waals surface area contributed by atoms with E-state index in [1.807, 2.05) is 6.07 Å². The summed E-state index contributed by atoms with van der Waals surface area (Å²) in [5.74, 6) is -0.0806. The third-order valence-electron chi connectivity index (χ3n) is 3.40. The molecule has 0 saturated carbocycles. The molecule has 0 N–H and O–H groups in total. The second-order valence-electron chi connectivity index (χ2n) is 5.10. The zero-order valence-corrected chi connectivity index (χ0v) is 15.6. The van der Waals surface area contributed by atoms with Crippen LogP contribution in [0.2, 0.25) is 4.34 Å². The summed E-state index contributed by atoms with van der Waals surface area (Å²) in [6.45, 7) is 0.0449. The maximum atomic E-state index is 12.2. The highest BCUT2D eigenvalue weighted by atomic mass is 35.5. The van der Waals surface area contributed by atoms with Crippen molar-refractivity contribution in [2.75, 3.05) is 27.9 Å². The lowest BCUT2D eigenvalue weighted by molar-refractivity contribution is -0.133. The number of thiophene rings is 1. The first-order valence-electron chi connectivity index (χ1n) is 7.32. The molecule has 0 aliphatic heterocycles. The smallest absolute Gasteiger partial charge is 0.342 e. The highest BCUT2D eigenvalue weighted by molar-refractivity contribution is 7.16. The first-order valence-corrected chi connectivity index (χ1v) is 8.51. The van der Waals surface area contributed by atoms with Crippen molar-refractivity contribution in [3.05, 3.63) is 45.1 Å². The van der Waals surface area contributed by atoms with Gasteiger partial charge in [-0.1, -0.05) is 11.6 Å². The molecule has 1 aromatic heterocycles. The van der Waals surface area contributed by atoms with Crippen LogP contribution < -0.4 is 9.47 Å². The second-order valence-corrected chi connectivity index (χ2v) is 6.90. The van der Waals surface area contributed by atoms with Gasteiger partial charge in [-0.2, -0.15) is 0 Å². The number of benzene rings is 1. The molecule has 25 heavy (non-hydrogen) atoms. The van der Waals surface area contributed by atoms with Gasteiger partial charge in [-0.15, -0.1) is 11.3 Å². The fourth-order valence-electron chi connectivity index (χ4n) is 2.04. The Morgan fingerprint density at radius 3 is 2.52 bits per heavy atom. The van der Waals surface area contributed by atoms with Crippen molar-refractivity contribution < 1.29 is 23.8 Å². The average molecular weight is 384 g/mol. The van der Waals surface area contributed by atoms with Crippen LogP contribution in [-0.4, -0.2) is 44.7 Å². The maximum Gasteiger partial charge on any atom is 0.342 e. The predicted octanol–water partition coefficient (Wildman–Crippen LogP) is 3.23. The summed E-state index contributed by atoms with van der Waals surface area (Å²) in [6.07, 6.45) is 0. The molecule has 8 heteroatoms. The average Bonchev–Trinajstić information content (AvgIpc) is 3.03. The van der Waals surface area contributed by atoms with Crippen molar-refractivity contribution in [1.82, 2.24) is 4.90 Å². The van der Waals surface area contributed by atoms with E-state index in [0.717, 1.165) is 4.88 Å². The van der Waals surface area contributed by atoms with Gasteiger partial charge in [0, 0.05) is 18.0 Å². The number of amides is 1. The number of hydrogen-bond donors (Lipinski definition) is 0. The standard InChI is InChI=1S/C17H18ClNO5S/c1-19(9-12-5-7-15(18)25-12)16(20)10-24-17(21)13-6-4-11(22-2)8-14(13)23-3/h4-8H,9-10H2,1-3H3. The first kappa shape index (κ1) is 19.1. The zero-order valence-electron chi connectivity index (χ0n) is 14.1. The highest BCUT2D eigenvalue weighted by Crippen LogP contribution is 2.25. The number of rotatable bonds is 7. The lowest BCUT2D eigenvalue weighted by atomic mass is 10.2. The molecule has 134 valence electrons. The lowest BCUT2D eigenvalue weighted by Crippen LogP contribution is -2.30. The van der Waals surface area contributed by atoms with Crippen LogP contribution in [0, 0.1) is 0 Å². The Balaban J connectivity index is 1.93. The molecular formula is C17H18ClNO5S. The van der Waals surface area contributed by atoms with Gasteiger partial charge in [0.2, 0.25) is 0 Å². The number of esters is 1. The van der Waals surface area contributed by atoms with E-state index in [2.05, 4.69) is 0 Å². The number of methoxy groups -OCH3 is 2. The number of carbonyl (C=O) groups excluding carboxylic acids is 2. The predicted molar refractivity (Wildman–Crippen MR) is 95.6 cm³/mol. The van der Waals surface area contributed by atoms with E-state index in [9.17, 15) is 9.59 Å². The molecule has 2 aromatic rings. The monoisotopic (exact) mass is 383 g/mol. The van der Waals surface area contributed by atoms with Crippen molar-refractivity contribution in [3.63, 3.8) is 0 Å². The van der Waals surface area contributed by atoms with E-state index < -0.39 is 5.97 Å². The molecule has 1 aromatic carbocycles. The Labute approximate surface area is 154 Å². The molecule has 0 spiro atoms. The van der Waals surface area contributed by atoms with Crippen LogP contribution in [0.5, 0.6) is 11.5 Å². The van der Waals surface area contributed by atoms with Crippen molar-refractivity contribution in [3.8, 4) is 11.5 Å². The number of hydrogen-bond acceptors (Lipinski definition) is 6. The van der Waals surface area contributed by atoms with Gasteiger partial charge in [-0.3, -0.25) is 4.79 Å². The third-order valence-corrected chi connectivity index (χ3v) is 4.62. The molecule has 0 atom stereocenters. The number of ether oxygens (including phenoxy) is 3. The molecule has 1 amide bonds. The fraction of sp³-hybridized carbons (Fsp3) is 0.294. The third kappa shape index (κ3) is 5.11. The van der Waals surface area contributed by atoms with Gasteiger partial charge in [0.25, 0.3) is 5.91 Å². The minimum absolute atomic E-state index is 0.226. The summed E-state index contributed by atoms with van der Waals surface area (Å²) in [5, 5.41) is 0. The Morgan fingerprint density at radius 1 is 1.16 bits per heavy atom. The Bertz CT molecular complexity index is 761. The van der Waals surface area contributed by atoms with E-state index in [0.29, 0.717) is 22.4 Å². The van der Waals surface area contributed by atoms with Crippen LogP contribution >= 0.6 is 22.9 Å². The largest absolute Gasteiger partial charge is 0.497 e. The fourth-order valence-corrected chi connectivity index (χ4v) is 3.18. The van der Waals surface area contributed by atoms with Gasteiger partial charge >= 0.3 is 5.97 Å². The van der Waals surface area contributed by atoms with Gasteiger partial charge < -0.3 is 19.1 Å².